The van der Waals surface area contributed by atoms with E-state index in [0.717, 1.165) is 6.07 Å². The molecule has 6 heteroatoms. The molecule has 2 unspecified atom stereocenters. The Balaban J connectivity index is 3.01. The smallest absolute Gasteiger partial charge is 0.319 e. The summed E-state index contributed by atoms with van der Waals surface area (Å²) in [6.45, 7) is 1.81. The highest BCUT2D eigenvalue weighted by Crippen LogP contribution is 2.21. The summed E-state index contributed by atoms with van der Waals surface area (Å²) in [6, 6.07) is 3.59. The summed E-state index contributed by atoms with van der Waals surface area (Å²) >= 11 is 5.56. The van der Waals surface area contributed by atoms with Crippen molar-refractivity contribution in [2.24, 2.45) is 0 Å². The number of benzene rings is 1. The summed E-state index contributed by atoms with van der Waals surface area (Å²) in [5.74, 6) is -1.74. The minimum absolute atomic E-state index is 0.156. The highest BCUT2D eigenvalue weighted by Gasteiger charge is 2.25. The fraction of sp³-hybridized carbons (Fsp3) is 0.364. The molecule has 0 aromatic heterocycles. The van der Waals surface area contributed by atoms with Crippen molar-refractivity contribution in [2.45, 2.75) is 29.9 Å². The lowest BCUT2D eigenvalue weighted by Gasteiger charge is -2.11. The fourth-order valence-corrected chi connectivity index (χ4v) is 2.99. The van der Waals surface area contributed by atoms with Crippen LogP contribution in [0.1, 0.15) is 19.8 Å². The van der Waals surface area contributed by atoms with E-state index >= 15 is 0 Å². The van der Waals surface area contributed by atoms with E-state index in [2.05, 4.69) is 0 Å². The average molecular weight is 279 g/mol. The second-order valence-electron chi connectivity index (χ2n) is 3.49. The monoisotopic (exact) mass is 278 g/mol. The zero-order valence-corrected chi connectivity index (χ0v) is 10.7. The number of halogens is 2. The zero-order chi connectivity index (χ0) is 13.0. The molecule has 0 aliphatic rings. The summed E-state index contributed by atoms with van der Waals surface area (Å²) in [6.07, 6.45) is 0.911. The third kappa shape index (κ3) is 3.51. The number of carbonyl (C=O) groups is 1. The van der Waals surface area contributed by atoms with Crippen LogP contribution in [0, 0.1) is 5.82 Å². The minimum Gasteiger partial charge on any atom is -0.480 e. The third-order valence-corrected chi connectivity index (χ3v) is 4.17. The maximum atomic E-state index is 12.9. The molecule has 1 aromatic carbocycles. The molecule has 0 aliphatic carbocycles. The SMILES string of the molecule is CCCC(C(=O)O)S(=O)c1ccc(F)c(Cl)c1. The van der Waals surface area contributed by atoms with Gasteiger partial charge in [0.2, 0.25) is 0 Å². The van der Waals surface area contributed by atoms with Crippen LogP contribution in [0.5, 0.6) is 0 Å². The van der Waals surface area contributed by atoms with Crippen LogP contribution in [0.2, 0.25) is 5.02 Å². The van der Waals surface area contributed by atoms with Crippen molar-refractivity contribution in [3.8, 4) is 0 Å². The number of carboxylic acids is 1. The summed E-state index contributed by atoms with van der Waals surface area (Å²) in [5.41, 5.74) is 0. The topological polar surface area (TPSA) is 54.4 Å². The first-order valence-corrected chi connectivity index (χ1v) is 6.65. The standard InChI is InChI=1S/C11H12ClFO3S/c1-2-3-10(11(14)15)17(16)7-4-5-9(13)8(12)6-7/h4-6,10H,2-3H2,1H3,(H,14,15). The van der Waals surface area contributed by atoms with E-state index in [1.165, 1.54) is 12.1 Å². The number of hydrogen-bond acceptors (Lipinski definition) is 2. The highest BCUT2D eigenvalue weighted by molar-refractivity contribution is 7.86. The number of aliphatic carboxylic acids is 1. The van der Waals surface area contributed by atoms with Gasteiger partial charge in [-0.05, 0) is 24.6 Å². The molecule has 1 rings (SSSR count). The van der Waals surface area contributed by atoms with Crippen LogP contribution in [0.4, 0.5) is 4.39 Å². The Kier molecular flexibility index (Phi) is 5.08. The van der Waals surface area contributed by atoms with E-state index in [1.54, 1.807) is 0 Å². The molecule has 0 saturated carbocycles. The molecule has 0 spiro atoms. The van der Waals surface area contributed by atoms with Crippen molar-refractivity contribution in [1.29, 1.82) is 0 Å². The van der Waals surface area contributed by atoms with Gasteiger partial charge in [0.1, 0.15) is 11.1 Å². The predicted molar refractivity (Wildman–Crippen MR) is 64.2 cm³/mol. The van der Waals surface area contributed by atoms with Gasteiger partial charge in [0.25, 0.3) is 0 Å². The summed E-state index contributed by atoms with van der Waals surface area (Å²) in [5, 5.41) is 7.82. The van der Waals surface area contributed by atoms with Crippen molar-refractivity contribution in [1.82, 2.24) is 0 Å². The molecule has 3 nitrogen and oxygen atoms in total. The van der Waals surface area contributed by atoms with Gasteiger partial charge in [-0.1, -0.05) is 24.9 Å². The molecule has 94 valence electrons. The van der Waals surface area contributed by atoms with Gasteiger partial charge in [-0.3, -0.25) is 9.00 Å². The Hall–Kier alpha value is -0.940. The zero-order valence-electron chi connectivity index (χ0n) is 9.15. The van der Waals surface area contributed by atoms with E-state index in [4.69, 9.17) is 16.7 Å². The Morgan fingerprint density at radius 3 is 2.71 bits per heavy atom. The summed E-state index contributed by atoms with van der Waals surface area (Å²) < 4.78 is 24.9. The van der Waals surface area contributed by atoms with Crippen LogP contribution in [0.25, 0.3) is 0 Å². The Labute approximate surface area is 106 Å². The lowest BCUT2D eigenvalue weighted by atomic mass is 10.2. The van der Waals surface area contributed by atoms with Crippen LogP contribution < -0.4 is 0 Å². The fourth-order valence-electron chi connectivity index (χ4n) is 1.35. The van der Waals surface area contributed by atoms with Crippen LogP contribution in [0.3, 0.4) is 0 Å². The molecule has 1 aromatic rings. The first kappa shape index (κ1) is 14.1. The number of hydrogen-bond donors (Lipinski definition) is 1. The second kappa shape index (κ2) is 6.12. The highest BCUT2D eigenvalue weighted by atomic mass is 35.5. The van der Waals surface area contributed by atoms with Gasteiger partial charge in [-0.25, -0.2) is 4.39 Å². The maximum absolute atomic E-state index is 12.9. The first-order valence-electron chi connectivity index (χ1n) is 5.05. The predicted octanol–water partition coefficient (Wildman–Crippen LogP) is 2.84. The van der Waals surface area contributed by atoms with Crippen LogP contribution in [-0.4, -0.2) is 20.5 Å². The van der Waals surface area contributed by atoms with Gasteiger partial charge in [0, 0.05) is 4.90 Å². The minimum atomic E-state index is -1.72. The van der Waals surface area contributed by atoms with Crippen molar-refractivity contribution in [3.05, 3.63) is 29.0 Å². The van der Waals surface area contributed by atoms with Crippen molar-refractivity contribution < 1.29 is 18.5 Å². The molecular formula is C11H12ClFO3S. The average Bonchev–Trinajstić information content (AvgIpc) is 2.28. The molecule has 0 heterocycles. The first-order chi connectivity index (χ1) is 7.97. The molecule has 0 bridgehead atoms. The van der Waals surface area contributed by atoms with Crippen molar-refractivity contribution in [2.75, 3.05) is 0 Å². The molecule has 1 N–H and O–H groups in total. The molecule has 0 radical (unpaired) electrons. The normalized spacial score (nSPS) is 14.3. The Morgan fingerprint density at radius 1 is 1.59 bits per heavy atom. The van der Waals surface area contributed by atoms with E-state index in [0.29, 0.717) is 12.8 Å². The van der Waals surface area contributed by atoms with E-state index in [-0.39, 0.29) is 9.92 Å². The molecular weight excluding hydrogens is 267 g/mol. The van der Waals surface area contributed by atoms with Crippen molar-refractivity contribution in [3.63, 3.8) is 0 Å². The van der Waals surface area contributed by atoms with Gasteiger partial charge < -0.3 is 5.11 Å². The maximum Gasteiger partial charge on any atom is 0.319 e. The Bertz CT molecular complexity index is 450. The quantitative estimate of drug-likeness (QED) is 0.901. The van der Waals surface area contributed by atoms with E-state index in [9.17, 15) is 13.4 Å². The summed E-state index contributed by atoms with van der Waals surface area (Å²) in [4.78, 5) is 11.2. The third-order valence-electron chi connectivity index (χ3n) is 2.21. The Morgan fingerprint density at radius 2 is 2.24 bits per heavy atom. The van der Waals surface area contributed by atoms with Gasteiger partial charge in [-0.2, -0.15) is 0 Å². The molecule has 2 atom stereocenters. The van der Waals surface area contributed by atoms with Crippen LogP contribution in [0.15, 0.2) is 23.1 Å². The molecule has 0 aliphatic heterocycles. The van der Waals surface area contributed by atoms with Gasteiger partial charge in [-0.15, -0.1) is 0 Å². The van der Waals surface area contributed by atoms with Crippen LogP contribution in [-0.2, 0) is 15.6 Å². The second-order valence-corrected chi connectivity index (χ2v) is 5.53. The lowest BCUT2D eigenvalue weighted by Crippen LogP contribution is -2.25. The molecule has 17 heavy (non-hydrogen) atoms. The van der Waals surface area contributed by atoms with Crippen LogP contribution >= 0.6 is 11.6 Å². The van der Waals surface area contributed by atoms with E-state index in [1.807, 2.05) is 6.92 Å². The van der Waals surface area contributed by atoms with Gasteiger partial charge in [0.15, 0.2) is 0 Å². The largest absolute Gasteiger partial charge is 0.480 e. The van der Waals surface area contributed by atoms with Crippen molar-refractivity contribution >= 4 is 28.4 Å². The van der Waals surface area contributed by atoms with E-state index < -0.39 is 27.8 Å². The summed E-state index contributed by atoms with van der Waals surface area (Å²) in [7, 11) is -1.72. The molecule has 0 fully saturated rings. The lowest BCUT2D eigenvalue weighted by molar-refractivity contribution is -0.136. The van der Waals surface area contributed by atoms with Gasteiger partial charge in [0.05, 0.1) is 15.8 Å². The molecule has 0 amide bonds. The number of carboxylic acid groups (broad SMARTS) is 1. The molecule has 0 saturated heterocycles. The van der Waals surface area contributed by atoms with Gasteiger partial charge >= 0.3 is 5.97 Å². The number of rotatable bonds is 5.